The van der Waals surface area contributed by atoms with Crippen molar-refractivity contribution in [2.45, 2.75) is 18.9 Å². The number of hydrogen-bond acceptors (Lipinski definition) is 6. The number of ether oxygens (including phenoxy) is 1. The summed E-state index contributed by atoms with van der Waals surface area (Å²) < 4.78 is 5.59. The third kappa shape index (κ3) is 5.35. The Morgan fingerprint density at radius 2 is 1.94 bits per heavy atom. The summed E-state index contributed by atoms with van der Waals surface area (Å²) in [5.74, 6) is -0.795. The normalized spacial score (nSPS) is 15.7. The molecule has 5 N–H and O–H groups in total. The van der Waals surface area contributed by atoms with Gasteiger partial charge in [0.15, 0.2) is 0 Å². The first-order valence-corrected chi connectivity index (χ1v) is 10.7. The highest BCUT2D eigenvalue weighted by Gasteiger charge is 2.28. The maximum Gasteiger partial charge on any atom is 0.350 e. The largest absolute Gasteiger partial charge is 0.456 e. The van der Waals surface area contributed by atoms with Crippen LogP contribution in [-0.2, 0) is 4.74 Å². The molecule has 1 aliphatic rings. The van der Waals surface area contributed by atoms with Crippen LogP contribution in [0.4, 0.5) is 15.3 Å². The number of esters is 1. The highest BCUT2D eigenvalue weighted by atomic mass is 32.1. The minimum atomic E-state index is -0.822. The van der Waals surface area contributed by atoms with Crippen LogP contribution in [0.3, 0.4) is 0 Å². The Kier molecular flexibility index (Phi) is 6.98. The lowest BCUT2D eigenvalue weighted by atomic mass is 10.1. The van der Waals surface area contributed by atoms with Crippen LogP contribution in [0.15, 0.2) is 30.3 Å². The van der Waals surface area contributed by atoms with Gasteiger partial charge in [0.2, 0.25) is 0 Å². The molecule has 0 aliphatic carbocycles. The van der Waals surface area contributed by atoms with Crippen LogP contribution in [0, 0.1) is 0 Å². The van der Waals surface area contributed by atoms with E-state index in [4.69, 9.17) is 16.2 Å². The summed E-state index contributed by atoms with van der Waals surface area (Å²) in [5.41, 5.74) is 12.0. The van der Waals surface area contributed by atoms with Gasteiger partial charge in [0.25, 0.3) is 5.91 Å². The number of nitrogens with one attached hydrogen (secondary N) is 1. The third-order valence-corrected chi connectivity index (χ3v) is 6.10. The average molecular weight is 460 g/mol. The number of carbonyl (C=O) groups is 4. The molecule has 2 heterocycles. The van der Waals surface area contributed by atoms with Gasteiger partial charge < -0.3 is 31.3 Å². The van der Waals surface area contributed by atoms with E-state index in [9.17, 15) is 19.2 Å². The number of amides is 5. The molecule has 170 valence electrons. The number of benzene rings is 1. The first-order chi connectivity index (χ1) is 15.2. The highest BCUT2D eigenvalue weighted by Crippen LogP contribution is 2.36. The Bertz CT molecular complexity index is 1050. The van der Waals surface area contributed by atoms with Gasteiger partial charge in [0.05, 0.1) is 12.2 Å². The highest BCUT2D eigenvalue weighted by molar-refractivity contribution is 7.18. The monoisotopic (exact) mass is 459 g/mol. The van der Waals surface area contributed by atoms with Crippen molar-refractivity contribution in [1.82, 2.24) is 9.80 Å². The van der Waals surface area contributed by atoms with Crippen molar-refractivity contribution in [3.05, 3.63) is 40.8 Å². The molecule has 1 fully saturated rings. The second-order valence-corrected chi connectivity index (χ2v) is 8.63. The molecule has 0 bridgehead atoms. The summed E-state index contributed by atoms with van der Waals surface area (Å²) in [6.45, 7) is 0.732. The fourth-order valence-electron chi connectivity index (χ4n) is 3.41. The van der Waals surface area contributed by atoms with Crippen molar-refractivity contribution in [3.8, 4) is 10.4 Å². The molecule has 1 aliphatic heterocycles. The Morgan fingerprint density at radius 3 is 2.59 bits per heavy atom. The van der Waals surface area contributed by atoms with Crippen molar-refractivity contribution in [2.24, 2.45) is 11.5 Å². The summed E-state index contributed by atoms with van der Waals surface area (Å²) >= 11 is 1.11. The molecule has 10 nitrogen and oxygen atoms in total. The van der Waals surface area contributed by atoms with E-state index in [2.05, 4.69) is 5.32 Å². The van der Waals surface area contributed by atoms with Crippen LogP contribution >= 0.6 is 11.3 Å². The number of nitrogens with zero attached hydrogens (tertiary/aromatic N) is 2. The lowest BCUT2D eigenvalue weighted by Crippen LogP contribution is -2.46. The van der Waals surface area contributed by atoms with Gasteiger partial charge in [0.1, 0.15) is 11.0 Å². The number of nitrogens with two attached hydrogens (primary N) is 2. The molecule has 3 rings (SSSR count). The average Bonchev–Trinajstić information content (AvgIpc) is 3.16. The van der Waals surface area contributed by atoms with Crippen molar-refractivity contribution in [1.29, 1.82) is 0 Å². The van der Waals surface area contributed by atoms with Crippen LogP contribution in [0.1, 0.15) is 32.9 Å². The van der Waals surface area contributed by atoms with Crippen molar-refractivity contribution >= 4 is 41.0 Å². The zero-order valence-electron chi connectivity index (χ0n) is 17.8. The van der Waals surface area contributed by atoms with Gasteiger partial charge in [-0.05, 0) is 36.6 Å². The minimum absolute atomic E-state index is 0.158. The van der Waals surface area contributed by atoms with Crippen molar-refractivity contribution in [2.75, 3.05) is 32.5 Å². The maximum absolute atomic E-state index is 12.9. The molecule has 11 heteroatoms. The molecule has 1 atom stereocenters. The molecule has 1 saturated heterocycles. The Hall–Kier alpha value is -3.60. The van der Waals surface area contributed by atoms with Crippen LogP contribution in [0.25, 0.3) is 10.4 Å². The number of rotatable bonds is 5. The molecule has 1 aromatic heterocycles. The third-order valence-electron chi connectivity index (χ3n) is 4.94. The van der Waals surface area contributed by atoms with Gasteiger partial charge in [0, 0.05) is 31.1 Å². The van der Waals surface area contributed by atoms with E-state index in [1.165, 1.54) is 9.80 Å². The summed E-state index contributed by atoms with van der Waals surface area (Å²) in [6.07, 6.45) is 0.758. The first kappa shape index (κ1) is 23.1. The number of piperidine rings is 1. The van der Waals surface area contributed by atoms with Gasteiger partial charge >= 0.3 is 18.0 Å². The van der Waals surface area contributed by atoms with E-state index in [-0.39, 0.29) is 23.0 Å². The van der Waals surface area contributed by atoms with Gasteiger partial charge in [-0.25, -0.2) is 14.4 Å². The molecule has 32 heavy (non-hydrogen) atoms. The quantitative estimate of drug-likeness (QED) is 0.587. The first-order valence-electron chi connectivity index (χ1n) is 9.93. The lowest BCUT2D eigenvalue weighted by molar-refractivity contribution is 0.0134. The molecule has 1 aromatic carbocycles. The Balaban J connectivity index is 1.87. The maximum atomic E-state index is 12.9. The lowest BCUT2D eigenvalue weighted by Gasteiger charge is -2.31. The molecule has 0 saturated carbocycles. The minimum Gasteiger partial charge on any atom is -0.456 e. The van der Waals surface area contributed by atoms with Crippen molar-refractivity contribution in [3.63, 3.8) is 0 Å². The molecular formula is C21H25N5O5S. The van der Waals surface area contributed by atoms with E-state index in [1.54, 1.807) is 44.4 Å². The fourth-order valence-corrected chi connectivity index (χ4v) is 4.41. The zero-order chi connectivity index (χ0) is 23.4. The predicted octanol–water partition coefficient (Wildman–Crippen LogP) is 2.31. The second-order valence-electron chi connectivity index (χ2n) is 7.58. The smallest absolute Gasteiger partial charge is 0.350 e. The van der Waals surface area contributed by atoms with E-state index in [0.717, 1.165) is 11.3 Å². The molecule has 2 aromatic rings. The number of anilines is 1. The van der Waals surface area contributed by atoms with Crippen LogP contribution < -0.4 is 16.8 Å². The summed E-state index contributed by atoms with van der Waals surface area (Å²) in [5, 5.41) is 2.45. The van der Waals surface area contributed by atoms with Gasteiger partial charge in [-0.2, -0.15) is 0 Å². The Labute approximate surface area is 189 Å². The van der Waals surface area contributed by atoms with E-state index in [1.807, 2.05) is 0 Å². The molecule has 0 radical (unpaired) electrons. The van der Waals surface area contributed by atoms with Crippen LogP contribution in [0.5, 0.6) is 0 Å². The zero-order valence-corrected chi connectivity index (χ0v) is 18.6. The SMILES string of the molecule is CN(C)C(=O)c1cccc(-c2cc(NC(N)=O)c(C(=O)OC3CCCN(C(N)=O)C3)s2)c1. The number of carbonyl (C=O) groups excluding carboxylic acids is 4. The summed E-state index contributed by atoms with van der Waals surface area (Å²) in [7, 11) is 3.32. The molecule has 0 spiro atoms. The van der Waals surface area contributed by atoms with E-state index < -0.39 is 24.1 Å². The summed E-state index contributed by atoms with van der Waals surface area (Å²) in [6, 6.07) is 7.18. The predicted molar refractivity (Wildman–Crippen MR) is 121 cm³/mol. The topological polar surface area (TPSA) is 148 Å². The fraction of sp³-hybridized carbons (Fsp3) is 0.333. The summed E-state index contributed by atoms with van der Waals surface area (Å²) in [4.78, 5) is 51.8. The molecule has 1 unspecified atom stereocenters. The Morgan fingerprint density at radius 1 is 1.19 bits per heavy atom. The van der Waals surface area contributed by atoms with Gasteiger partial charge in [-0.15, -0.1) is 11.3 Å². The second kappa shape index (κ2) is 9.69. The van der Waals surface area contributed by atoms with Crippen LogP contribution in [0.2, 0.25) is 0 Å². The molecule has 5 amide bonds. The van der Waals surface area contributed by atoms with Crippen molar-refractivity contribution < 1.29 is 23.9 Å². The van der Waals surface area contributed by atoms with E-state index >= 15 is 0 Å². The number of thiophene rings is 1. The van der Waals surface area contributed by atoms with Crippen LogP contribution in [-0.4, -0.2) is 67.0 Å². The molecular weight excluding hydrogens is 434 g/mol. The van der Waals surface area contributed by atoms with Gasteiger partial charge in [-0.3, -0.25) is 4.79 Å². The van der Waals surface area contributed by atoms with E-state index in [0.29, 0.717) is 35.4 Å². The number of hydrogen-bond donors (Lipinski definition) is 3. The number of likely N-dealkylation sites (tertiary alicyclic amines) is 1. The number of urea groups is 2. The number of primary amides is 2. The standard InChI is InChI=1S/C21H25N5O5S/c1-25(2)18(27)13-6-3-5-12(9-13)16-10-15(24-20(22)29)17(32-16)19(28)31-14-7-4-8-26(11-14)21(23)30/h3,5-6,9-10,14H,4,7-8,11H2,1-2H3,(H2,23,30)(H3,22,24,29). The van der Waals surface area contributed by atoms with Gasteiger partial charge in [-0.1, -0.05) is 12.1 Å².